The summed E-state index contributed by atoms with van der Waals surface area (Å²) in [6.07, 6.45) is 0.736. The van der Waals surface area contributed by atoms with Gasteiger partial charge in [-0.3, -0.25) is 20.4 Å². The highest BCUT2D eigenvalue weighted by molar-refractivity contribution is 6.32. The Morgan fingerprint density at radius 3 is 2.31 bits per heavy atom. The Morgan fingerprint density at radius 1 is 1.19 bits per heavy atom. The number of carbonyl (C=O) groups excluding carboxylic acids is 3. The molecule has 16 heavy (non-hydrogen) atoms. The Kier molecular flexibility index (Phi) is 6.58. The zero-order valence-electron chi connectivity index (χ0n) is 9.46. The van der Waals surface area contributed by atoms with Crippen molar-refractivity contribution in [2.24, 2.45) is 0 Å². The fourth-order valence-electron chi connectivity index (χ4n) is 0.764. The second kappa shape index (κ2) is 7.44. The molecule has 0 aromatic carbocycles. The molecule has 6 heteroatoms. The van der Waals surface area contributed by atoms with E-state index < -0.39 is 11.9 Å². The van der Waals surface area contributed by atoms with E-state index in [0.29, 0.717) is 6.42 Å². The highest BCUT2D eigenvalue weighted by atomic mass is 16.5. The summed E-state index contributed by atoms with van der Waals surface area (Å²) in [4.78, 5) is 32.9. The molecule has 0 aliphatic heterocycles. The number of amides is 2. The van der Waals surface area contributed by atoms with Crippen molar-refractivity contribution in [3.05, 3.63) is 12.2 Å². The Hall–Kier alpha value is -1.85. The molecule has 0 fully saturated rings. The summed E-state index contributed by atoms with van der Waals surface area (Å²) in [6, 6.07) is 0. The van der Waals surface area contributed by atoms with Gasteiger partial charge in [0.05, 0.1) is 6.61 Å². The van der Waals surface area contributed by atoms with Gasteiger partial charge in [0, 0.05) is 6.42 Å². The number of hydrazine groups is 1. The quantitative estimate of drug-likeness (QED) is 0.308. The smallest absolute Gasteiger partial charge is 0.398 e. The summed E-state index contributed by atoms with van der Waals surface area (Å²) in [7, 11) is 0. The summed E-state index contributed by atoms with van der Waals surface area (Å²) in [5, 5.41) is 0. The maximum atomic E-state index is 11.1. The number of hydrogen-bond donors (Lipinski definition) is 2. The lowest BCUT2D eigenvalue weighted by Crippen LogP contribution is -2.45. The van der Waals surface area contributed by atoms with Crippen molar-refractivity contribution in [1.82, 2.24) is 10.9 Å². The van der Waals surface area contributed by atoms with Crippen LogP contribution in [0.3, 0.4) is 0 Å². The monoisotopic (exact) mass is 228 g/mol. The van der Waals surface area contributed by atoms with Crippen molar-refractivity contribution in [2.45, 2.75) is 26.7 Å². The zero-order valence-corrected chi connectivity index (χ0v) is 9.46. The Bertz CT molecular complexity index is 299. The SMILES string of the molecule is C=C(C)CCC(=O)NNC(=O)C(=O)OCC. The summed E-state index contributed by atoms with van der Waals surface area (Å²) in [5.74, 6) is -2.41. The average molecular weight is 228 g/mol. The van der Waals surface area contributed by atoms with Gasteiger partial charge >= 0.3 is 11.9 Å². The van der Waals surface area contributed by atoms with Gasteiger partial charge in [0.15, 0.2) is 0 Å². The molecule has 90 valence electrons. The first-order valence-corrected chi connectivity index (χ1v) is 4.87. The number of ether oxygens (including phenoxy) is 1. The first-order chi connectivity index (χ1) is 7.47. The van der Waals surface area contributed by atoms with E-state index in [-0.39, 0.29) is 18.9 Å². The summed E-state index contributed by atoms with van der Waals surface area (Å²) >= 11 is 0. The van der Waals surface area contributed by atoms with Crippen LogP contribution < -0.4 is 10.9 Å². The van der Waals surface area contributed by atoms with Gasteiger partial charge in [-0.1, -0.05) is 5.57 Å². The van der Waals surface area contributed by atoms with Crippen molar-refractivity contribution < 1.29 is 19.1 Å². The Morgan fingerprint density at radius 2 is 1.81 bits per heavy atom. The van der Waals surface area contributed by atoms with E-state index in [1.807, 2.05) is 5.43 Å². The molecular formula is C10H16N2O4. The van der Waals surface area contributed by atoms with E-state index in [4.69, 9.17) is 0 Å². The van der Waals surface area contributed by atoms with Crippen LogP contribution in [-0.2, 0) is 19.1 Å². The molecule has 0 aliphatic carbocycles. The van der Waals surface area contributed by atoms with Crippen LogP contribution in [0.4, 0.5) is 0 Å². The highest BCUT2D eigenvalue weighted by Gasteiger charge is 2.14. The molecule has 0 heterocycles. The first-order valence-electron chi connectivity index (χ1n) is 4.87. The first kappa shape index (κ1) is 14.2. The van der Waals surface area contributed by atoms with Gasteiger partial charge in [-0.05, 0) is 20.3 Å². The van der Waals surface area contributed by atoms with Crippen LogP contribution in [0.2, 0.25) is 0 Å². The lowest BCUT2D eigenvalue weighted by Gasteiger charge is -2.06. The molecule has 0 saturated carbocycles. The largest absolute Gasteiger partial charge is 0.459 e. The Labute approximate surface area is 94.0 Å². The molecule has 0 atom stereocenters. The maximum Gasteiger partial charge on any atom is 0.398 e. The van der Waals surface area contributed by atoms with Crippen molar-refractivity contribution in [3.63, 3.8) is 0 Å². The number of rotatable bonds is 4. The second-order valence-corrected chi connectivity index (χ2v) is 3.18. The normalized spacial score (nSPS) is 9.12. The number of nitrogens with one attached hydrogen (secondary N) is 2. The van der Waals surface area contributed by atoms with Crippen LogP contribution in [0.15, 0.2) is 12.2 Å². The molecule has 0 unspecified atom stereocenters. The van der Waals surface area contributed by atoms with Gasteiger partial charge in [0.1, 0.15) is 0 Å². The molecule has 0 aromatic heterocycles. The van der Waals surface area contributed by atoms with Crippen LogP contribution in [0, 0.1) is 0 Å². The van der Waals surface area contributed by atoms with Crippen LogP contribution in [0.1, 0.15) is 26.7 Å². The predicted molar refractivity (Wildman–Crippen MR) is 57.0 cm³/mol. The number of hydrogen-bond acceptors (Lipinski definition) is 4. The van der Waals surface area contributed by atoms with Crippen molar-refractivity contribution in [2.75, 3.05) is 6.61 Å². The van der Waals surface area contributed by atoms with Crippen LogP contribution in [0.25, 0.3) is 0 Å². The fourth-order valence-corrected chi connectivity index (χ4v) is 0.764. The lowest BCUT2D eigenvalue weighted by atomic mass is 10.2. The summed E-state index contributed by atoms with van der Waals surface area (Å²) < 4.78 is 4.42. The standard InChI is InChI=1S/C10H16N2O4/c1-4-16-10(15)9(14)12-11-8(13)6-5-7(2)3/h2,4-6H2,1,3H3,(H,11,13)(H,12,14). The van der Waals surface area contributed by atoms with Crippen LogP contribution >= 0.6 is 0 Å². The molecule has 0 spiro atoms. The van der Waals surface area contributed by atoms with Crippen LogP contribution in [-0.4, -0.2) is 24.4 Å². The third-order valence-electron chi connectivity index (χ3n) is 1.56. The lowest BCUT2D eigenvalue weighted by molar-refractivity contribution is -0.155. The minimum Gasteiger partial charge on any atom is -0.459 e. The van der Waals surface area contributed by atoms with Crippen molar-refractivity contribution in [3.8, 4) is 0 Å². The summed E-state index contributed by atoms with van der Waals surface area (Å²) in [6.45, 7) is 7.12. The fraction of sp³-hybridized carbons (Fsp3) is 0.500. The van der Waals surface area contributed by atoms with Crippen molar-refractivity contribution in [1.29, 1.82) is 0 Å². The molecule has 0 aromatic rings. The molecule has 0 aliphatic rings. The third kappa shape index (κ3) is 6.58. The van der Waals surface area contributed by atoms with E-state index in [0.717, 1.165) is 5.57 Å². The highest BCUT2D eigenvalue weighted by Crippen LogP contribution is 1.98. The van der Waals surface area contributed by atoms with E-state index in [1.165, 1.54) is 0 Å². The summed E-state index contributed by atoms with van der Waals surface area (Å²) in [5.41, 5.74) is 4.91. The van der Waals surface area contributed by atoms with E-state index in [1.54, 1.807) is 13.8 Å². The topological polar surface area (TPSA) is 84.5 Å². The molecule has 0 saturated heterocycles. The minimum atomic E-state index is -1.03. The average Bonchev–Trinajstić information content (AvgIpc) is 2.23. The Balaban J connectivity index is 3.79. The van der Waals surface area contributed by atoms with Crippen LogP contribution in [0.5, 0.6) is 0 Å². The second-order valence-electron chi connectivity index (χ2n) is 3.18. The number of esters is 1. The van der Waals surface area contributed by atoms with Gasteiger partial charge in [-0.25, -0.2) is 4.79 Å². The molecule has 0 radical (unpaired) electrons. The molecular weight excluding hydrogens is 212 g/mol. The van der Waals surface area contributed by atoms with Crippen molar-refractivity contribution >= 4 is 17.8 Å². The van der Waals surface area contributed by atoms with E-state index >= 15 is 0 Å². The minimum absolute atomic E-state index is 0.107. The molecule has 2 N–H and O–H groups in total. The van der Waals surface area contributed by atoms with Gasteiger partial charge in [-0.2, -0.15) is 0 Å². The van der Waals surface area contributed by atoms with E-state index in [9.17, 15) is 14.4 Å². The van der Waals surface area contributed by atoms with Gasteiger partial charge in [0.25, 0.3) is 0 Å². The predicted octanol–water partition coefficient (Wildman–Crippen LogP) is 0.0532. The molecule has 2 amide bonds. The van der Waals surface area contributed by atoms with Gasteiger partial charge in [-0.15, -0.1) is 6.58 Å². The number of carbonyl (C=O) groups is 3. The van der Waals surface area contributed by atoms with Gasteiger partial charge in [0.2, 0.25) is 5.91 Å². The maximum absolute atomic E-state index is 11.1. The molecule has 0 bridgehead atoms. The zero-order chi connectivity index (χ0) is 12.6. The molecule has 6 nitrogen and oxygen atoms in total. The van der Waals surface area contributed by atoms with Gasteiger partial charge < -0.3 is 4.74 Å². The third-order valence-corrected chi connectivity index (χ3v) is 1.56. The van der Waals surface area contributed by atoms with E-state index in [2.05, 4.69) is 16.7 Å². The molecule has 0 rings (SSSR count). The number of allylic oxidation sites excluding steroid dienone is 1.